The summed E-state index contributed by atoms with van der Waals surface area (Å²) in [4.78, 5) is 16.0. The minimum Gasteiger partial charge on any atom is -0.462 e. The predicted octanol–water partition coefficient (Wildman–Crippen LogP) is 2.36. The molecule has 21 heavy (non-hydrogen) atoms. The van der Waals surface area contributed by atoms with E-state index < -0.39 is 0 Å². The van der Waals surface area contributed by atoms with Crippen LogP contribution in [0.4, 0.5) is 5.82 Å². The van der Waals surface area contributed by atoms with Gasteiger partial charge >= 0.3 is 5.97 Å². The minimum atomic E-state index is -0.385. The Morgan fingerprint density at radius 3 is 2.62 bits per heavy atom. The van der Waals surface area contributed by atoms with Gasteiger partial charge in [0.2, 0.25) is 0 Å². The van der Waals surface area contributed by atoms with E-state index >= 15 is 0 Å². The highest BCUT2D eigenvalue weighted by molar-refractivity contribution is 5.94. The summed E-state index contributed by atoms with van der Waals surface area (Å²) in [7, 11) is 0. The number of carbonyl (C=O) groups excluding carboxylic acids is 1. The van der Waals surface area contributed by atoms with Crippen molar-refractivity contribution in [2.24, 2.45) is 0 Å². The van der Waals surface area contributed by atoms with Crippen molar-refractivity contribution in [3.8, 4) is 0 Å². The predicted molar refractivity (Wildman–Crippen MR) is 79.9 cm³/mol. The standard InChI is InChI=1S/C16H18N2O3/c1-2-21-16(20)14-4-3-9-17-15(14)18-10-12-5-7-13(11-19)8-6-12/h3-9,19H,2,10-11H2,1H3,(H,17,18). The van der Waals surface area contributed by atoms with E-state index in [9.17, 15) is 4.79 Å². The Kier molecular flexibility index (Phi) is 5.29. The monoisotopic (exact) mass is 286 g/mol. The topological polar surface area (TPSA) is 71.5 Å². The van der Waals surface area contributed by atoms with Crippen LogP contribution in [0.25, 0.3) is 0 Å². The van der Waals surface area contributed by atoms with E-state index in [1.165, 1.54) is 0 Å². The number of esters is 1. The number of anilines is 1. The summed E-state index contributed by atoms with van der Waals surface area (Å²) in [6, 6.07) is 11.0. The largest absolute Gasteiger partial charge is 0.462 e. The second-order valence-electron chi connectivity index (χ2n) is 4.45. The van der Waals surface area contributed by atoms with Crippen molar-refractivity contribution in [2.45, 2.75) is 20.1 Å². The van der Waals surface area contributed by atoms with E-state index in [4.69, 9.17) is 9.84 Å². The van der Waals surface area contributed by atoms with Gasteiger partial charge in [0.15, 0.2) is 0 Å². The molecule has 110 valence electrons. The number of benzene rings is 1. The Labute approximate surface area is 123 Å². The van der Waals surface area contributed by atoms with Crippen molar-refractivity contribution in [3.63, 3.8) is 0 Å². The summed E-state index contributed by atoms with van der Waals surface area (Å²) >= 11 is 0. The van der Waals surface area contributed by atoms with E-state index in [1.54, 1.807) is 25.3 Å². The average molecular weight is 286 g/mol. The maximum atomic E-state index is 11.8. The van der Waals surface area contributed by atoms with Crippen molar-refractivity contribution in [2.75, 3.05) is 11.9 Å². The van der Waals surface area contributed by atoms with Crippen LogP contribution in [0.5, 0.6) is 0 Å². The molecule has 1 aromatic heterocycles. The van der Waals surface area contributed by atoms with Crippen molar-refractivity contribution >= 4 is 11.8 Å². The van der Waals surface area contributed by atoms with Crippen LogP contribution in [0.2, 0.25) is 0 Å². The number of aliphatic hydroxyl groups is 1. The highest BCUT2D eigenvalue weighted by Crippen LogP contribution is 2.14. The molecule has 0 radical (unpaired) electrons. The molecule has 0 atom stereocenters. The van der Waals surface area contributed by atoms with E-state index in [-0.39, 0.29) is 12.6 Å². The number of ether oxygens (including phenoxy) is 1. The molecule has 0 aliphatic rings. The molecule has 2 rings (SSSR count). The lowest BCUT2D eigenvalue weighted by atomic mass is 10.1. The molecule has 0 saturated heterocycles. The van der Waals surface area contributed by atoms with Gasteiger partial charge < -0.3 is 15.2 Å². The number of nitrogens with zero attached hydrogens (tertiary/aromatic N) is 1. The molecule has 1 aromatic carbocycles. The molecule has 5 nitrogen and oxygen atoms in total. The lowest BCUT2D eigenvalue weighted by Crippen LogP contribution is -2.11. The second-order valence-corrected chi connectivity index (χ2v) is 4.45. The highest BCUT2D eigenvalue weighted by Gasteiger charge is 2.12. The third-order valence-electron chi connectivity index (χ3n) is 2.97. The first-order valence-electron chi connectivity index (χ1n) is 6.79. The summed E-state index contributed by atoms with van der Waals surface area (Å²) < 4.78 is 5.00. The molecule has 0 fully saturated rings. The SMILES string of the molecule is CCOC(=O)c1cccnc1NCc1ccc(CO)cc1. The number of rotatable bonds is 6. The number of aliphatic hydroxyl groups excluding tert-OH is 1. The summed E-state index contributed by atoms with van der Waals surface area (Å²) in [6.45, 7) is 2.66. The normalized spacial score (nSPS) is 10.2. The highest BCUT2D eigenvalue weighted by atomic mass is 16.5. The third-order valence-corrected chi connectivity index (χ3v) is 2.97. The van der Waals surface area contributed by atoms with Crippen molar-refractivity contribution in [1.29, 1.82) is 0 Å². The molecule has 0 amide bonds. The lowest BCUT2D eigenvalue weighted by Gasteiger charge is -2.10. The Balaban J connectivity index is 2.07. The Hall–Kier alpha value is -2.40. The van der Waals surface area contributed by atoms with Gasteiger partial charge in [-0.2, -0.15) is 0 Å². The quantitative estimate of drug-likeness (QED) is 0.798. The summed E-state index contributed by atoms with van der Waals surface area (Å²) in [6.07, 6.45) is 1.62. The van der Waals surface area contributed by atoms with Crippen LogP contribution in [0, 0.1) is 0 Å². The van der Waals surface area contributed by atoms with Crippen molar-refractivity contribution in [1.82, 2.24) is 4.98 Å². The molecule has 2 aromatic rings. The maximum absolute atomic E-state index is 11.8. The molecule has 2 N–H and O–H groups in total. The number of hydrogen-bond acceptors (Lipinski definition) is 5. The first kappa shape index (κ1) is 15.0. The zero-order valence-electron chi connectivity index (χ0n) is 11.9. The smallest absolute Gasteiger partial charge is 0.341 e. The number of hydrogen-bond donors (Lipinski definition) is 2. The first-order valence-corrected chi connectivity index (χ1v) is 6.79. The molecule has 0 saturated carbocycles. The van der Waals surface area contributed by atoms with Crippen LogP contribution in [-0.4, -0.2) is 22.7 Å². The molecule has 0 spiro atoms. The number of nitrogens with one attached hydrogen (secondary N) is 1. The van der Waals surface area contributed by atoms with Gasteiger partial charge in [-0.05, 0) is 30.2 Å². The van der Waals surface area contributed by atoms with Crippen LogP contribution < -0.4 is 5.32 Å². The van der Waals surface area contributed by atoms with Crippen molar-refractivity contribution in [3.05, 3.63) is 59.3 Å². The first-order chi connectivity index (χ1) is 10.2. The fourth-order valence-corrected chi connectivity index (χ4v) is 1.87. The van der Waals surface area contributed by atoms with Crippen molar-refractivity contribution < 1.29 is 14.6 Å². The van der Waals surface area contributed by atoms with Gasteiger partial charge in [-0.25, -0.2) is 9.78 Å². The van der Waals surface area contributed by atoms with E-state index in [2.05, 4.69) is 10.3 Å². The van der Waals surface area contributed by atoms with Gasteiger partial charge in [-0.15, -0.1) is 0 Å². The van der Waals surface area contributed by atoms with Gasteiger partial charge in [0.25, 0.3) is 0 Å². The van der Waals surface area contributed by atoms with Gasteiger partial charge in [0, 0.05) is 12.7 Å². The van der Waals surface area contributed by atoms with Gasteiger partial charge in [0.1, 0.15) is 11.4 Å². The second kappa shape index (κ2) is 7.40. The molecule has 0 aliphatic heterocycles. The molecule has 0 aliphatic carbocycles. The fraction of sp³-hybridized carbons (Fsp3) is 0.250. The Morgan fingerprint density at radius 1 is 1.24 bits per heavy atom. The molecule has 0 unspecified atom stereocenters. The van der Waals surface area contributed by atoms with Crippen LogP contribution in [0.3, 0.4) is 0 Å². The summed E-state index contributed by atoms with van der Waals surface area (Å²) in [5.74, 6) is 0.117. The van der Waals surface area contributed by atoms with Crippen LogP contribution in [0.1, 0.15) is 28.4 Å². The lowest BCUT2D eigenvalue weighted by molar-refractivity contribution is 0.0527. The van der Waals surface area contributed by atoms with Crippen LogP contribution in [-0.2, 0) is 17.9 Å². The van der Waals surface area contributed by atoms with Gasteiger partial charge in [-0.3, -0.25) is 0 Å². The molecular formula is C16H18N2O3. The number of aromatic nitrogens is 1. The fourth-order valence-electron chi connectivity index (χ4n) is 1.87. The maximum Gasteiger partial charge on any atom is 0.341 e. The Bertz CT molecular complexity index is 597. The van der Waals surface area contributed by atoms with Crippen LogP contribution >= 0.6 is 0 Å². The van der Waals surface area contributed by atoms with Gasteiger partial charge in [-0.1, -0.05) is 24.3 Å². The molecule has 0 bridgehead atoms. The molecule has 5 heteroatoms. The zero-order valence-corrected chi connectivity index (χ0v) is 11.9. The Morgan fingerprint density at radius 2 is 1.95 bits per heavy atom. The minimum absolute atomic E-state index is 0.0287. The summed E-state index contributed by atoms with van der Waals surface area (Å²) in [5.41, 5.74) is 2.32. The molecule has 1 heterocycles. The number of carbonyl (C=O) groups is 1. The average Bonchev–Trinajstić information content (AvgIpc) is 2.54. The van der Waals surface area contributed by atoms with E-state index in [0.717, 1.165) is 11.1 Å². The van der Waals surface area contributed by atoms with Crippen LogP contribution in [0.15, 0.2) is 42.6 Å². The third kappa shape index (κ3) is 4.03. The number of pyridine rings is 1. The molecular weight excluding hydrogens is 268 g/mol. The zero-order chi connectivity index (χ0) is 15.1. The van der Waals surface area contributed by atoms with E-state index in [0.29, 0.717) is 24.5 Å². The summed E-state index contributed by atoms with van der Waals surface area (Å²) in [5, 5.41) is 12.1. The van der Waals surface area contributed by atoms with E-state index in [1.807, 2.05) is 24.3 Å². The van der Waals surface area contributed by atoms with Gasteiger partial charge in [0.05, 0.1) is 13.2 Å².